The molecule has 0 atom stereocenters. The van der Waals surface area contributed by atoms with Crippen LogP contribution >= 0.6 is 0 Å². The Bertz CT molecular complexity index is 913. The number of methoxy groups -OCH3 is 2. The zero-order chi connectivity index (χ0) is 18.4. The first-order valence-electron chi connectivity index (χ1n) is 6.95. The molecule has 0 saturated heterocycles. The van der Waals surface area contributed by atoms with Gasteiger partial charge in [0.2, 0.25) is 0 Å². The SMILES string of the molecule is COc1cc(OC)cc(C(=O)NNS(=O)(=O)c2cccc(C#N)c2)c1. The fourth-order valence-electron chi connectivity index (χ4n) is 1.92. The lowest BCUT2D eigenvalue weighted by Crippen LogP contribution is -2.41. The van der Waals surface area contributed by atoms with E-state index in [1.165, 1.54) is 50.6 Å². The highest BCUT2D eigenvalue weighted by molar-refractivity contribution is 7.89. The topological polar surface area (TPSA) is 118 Å². The maximum absolute atomic E-state index is 12.2. The van der Waals surface area contributed by atoms with Gasteiger partial charge in [-0.2, -0.15) is 5.26 Å². The molecular weight excluding hydrogens is 346 g/mol. The number of hydrogen-bond donors (Lipinski definition) is 2. The van der Waals surface area contributed by atoms with Crippen LogP contribution in [0.4, 0.5) is 0 Å². The van der Waals surface area contributed by atoms with E-state index in [1.807, 2.05) is 10.9 Å². The molecule has 0 aliphatic heterocycles. The van der Waals surface area contributed by atoms with E-state index < -0.39 is 15.9 Å². The van der Waals surface area contributed by atoms with Crippen LogP contribution in [-0.2, 0) is 10.0 Å². The minimum Gasteiger partial charge on any atom is -0.497 e. The Hall–Kier alpha value is -3.09. The minimum absolute atomic E-state index is 0.143. The van der Waals surface area contributed by atoms with Crippen molar-refractivity contribution in [2.45, 2.75) is 4.90 Å². The number of ether oxygens (including phenoxy) is 2. The Labute approximate surface area is 145 Å². The Kier molecular flexibility index (Phi) is 5.59. The average Bonchev–Trinajstić information content (AvgIpc) is 2.65. The molecule has 25 heavy (non-hydrogen) atoms. The van der Waals surface area contributed by atoms with E-state index in [1.54, 1.807) is 6.07 Å². The number of hydrogen-bond acceptors (Lipinski definition) is 6. The lowest BCUT2D eigenvalue weighted by Gasteiger charge is -2.10. The molecule has 0 heterocycles. The number of hydrazine groups is 1. The Morgan fingerprint density at radius 2 is 1.72 bits per heavy atom. The number of nitrogens with zero attached hydrogens (tertiary/aromatic N) is 1. The molecule has 0 bridgehead atoms. The molecule has 2 aromatic carbocycles. The molecular formula is C16H15N3O5S. The number of sulfonamides is 1. The third-order valence-electron chi connectivity index (χ3n) is 3.19. The molecule has 0 aliphatic carbocycles. The molecule has 0 unspecified atom stereocenters. The van der Waals surface area contributed by atoms with Crippen LogP contribution in [0, 0.1) is 11.3 Å². The van der Waals surface area contributed by atoms with E-state index in [9.17, 15) is 13.2 Å². The number of benzene rings is 2. The zero-order valence-corrected chi connectivity index (χ0v) is 14.3. The number of nitriles is 1. The minimum atomic E-state index is -4.02. The Morgan fingerprint density at radius 3 is 2.28 bits per heavy atom. The van der Waals surface area contributed by atoms with Gasteiger partial charge in [0.05, 0.1) is 30.7 Å². The maximum atomic E-state index is 12.2. The second kappa shape index (κ2) is 7.65. The molecule has 1 amide bonds. The molecule has 9 heteroatoms. The smallest absolute Gasteiger partial charge is 0.266 e. The number of amides is 1. The van der Waals surface area contributed by atoms with Gasteiger partial charge in [-0.3, -0.25) is 10.2 Å². The summed E-state index contributed by atoms with van der Waals surface area (Å²) >= 11 is 0. The van der Waals surface area contributed by atoms with Crippen molar-refractivity contribution in [3.63, 3.8) is 0 Å². The molecule has 0 aromatic heterocycles. The van der Waals surface area contributed by atoms with Crippen molar-refractivity contribution in [2.75, 3.05) is 14.2 Å². The fraction of sp³-hybridized carbons (Fsp3) is 0.125. The van der Waals surface area contributed by atoms with Crippen molar-refractivity contribution in [3.8, 4) is 17.6 Å². The summed E-state index contributed by atoms with van der Waals surface area (Å²) in [7, 11) is -1.16. The predicted octanol–water partition coefficient (Wildman–Crippen LogP) is 1.20. The van der Waals surface area contributed by atoms with Crippen LogP contribution in [0.1, 0.15) is 15.9 Å². The lowest BCUT2D eigenvalue weighted by atomic mass is 10.2. The van der Waals surface area contributed by atoms with Crippen molar-refractivity contribution in [2.24, 2.45) is 0 Å². The van der Waals surface area contributed by atoms with E-state index in [0.29, 0.717) is 11.5 Å². The van der Waals surface area contributed by atoms with Gasteiger partial charge in [0.25, 0.3) is 15.9 Å². The van der Waals surface area contributed by atoms with Crippen LogP contribution in [0.5, 0.6) is 11.5 Å². The highest BCUT2D eigenvalue weighted by Crippen LogP contribution is 2.22. The van der Waals surface area contributed by atoms with Crippen LogP contribution in [0.2, 0.25) is 0 Å². The molecule has 0 saturated carbocycles. The summed E-state index contributed by atoms with van der Waals surface area (Å²) in [6.45, 7) is 0. The van der Waals surface area contributed by atoms with Gasteiger partial charge < -0.3 is 9.47 Å². The van der Waals surface area contributed by atoms with E-state index in [4.69, 9.17) is 14.7 Å². The summed E-state index contributed by atoms with van der Waals surface area (Å²) in [5.74, 6) is 0.0698. The van der Waals surface area contributed by atoms with Crippen LogP contribution in [0.3, 0.4) is 0 Å². The molecule has 130 valence electrons. The number of rotatable bonds is 6. The average molecular weight is 361 g/mol. The van der Waals surface area contributed by atoms with Gasteiger partial charge in [0.15, 0.2) is 0 Å². The monoisotopic (exact) mass is 361 g/mol. The normalized spacial score (nSPS) is 10.6. The van der Waals surface area contributed by atoms with Gasteiger partial charge in [0, 0.05) is 11.6 Å². The Balaban J connectivity index is 2.17. The third-order valence-corrected chi connectivity index (χ3v) is 4.43. The largest absolute Gasteiger partial charge is 0.497 e. The van der Waals surface area contributed by atoms with Crippen molar-refractivity contribution in [1.82, 2.24) is 10.3 Å². The number of carbonyl (C=O) groups is 1. The van der Waals surface area contributed by atoms with E-state index in [0.717, 1.165) is 0 Å². The van der Waals surface area contributed by atoms with Gasteiger partial charge >= 0.3 is 0 Å². The van der Waals surface area contributed by atoms with Crippen molar-refractivity contribution in [1.29, 1.82) is 5.26 Å². The summed E-state index contributed by atoms with van der Waals surface area (Å²) in [4.78, 5) is 14.0. The van der Waals surface area contributed by atoms with Crippen LogP contribution in [-0.4, -0.2) is 28.5 Å². The second-order valence-corrected chi connectivity index (χ2v) is 6.48. The highest BCUT2D eigenvalue weighted by Gasteiger charge is 2.17. The highest BCUT2D eigenvalue weighted by atomic mass is 32.2. The molecule has 0 fully saturated rings. The van der Waals surface area contributed by atoms with Crippen LogP contribution < -0.4 is 19.7 Å². The quantitative estimate of drug-likeness (QED) is 0.747. The van der Waals surface area contributed by atoms with Gasteiger partial charge in [-0.25, -0.2) is 8.42 Å². The predicted molar refractivity (Wildman–Crippen MR) is 88.5 cm³/mol. The summed E-state index contributed by atoms with van der Waals surface area (Å²) in [5, 5.41) is 8.83. The first-order valence-corrected chi connectivity index (χ1v) is 8.43. The molecule has 0 radical (unpaired) electrons. The van der Waals surface area contributed by atoms with E-state index >= 15 is 0 Å². The number of carbonyl (C=O) groups excluding carboxylic acids is 1. The summed E-state index contributed by atoms with van der Waals surface area (Å²) in [6, 6.07) is 11.7. The Morgan fingerprint density at radius 1 is 1.08 bits per heavy atom. The van der Waals surface area contributed by atoms with Crippen LogP contribution in [0.15, 0.2) is 47.4 Å². The first-order chi connectivity index (χ1) is 11.9. The molecule has 8 nitrogen and oxygen atoms in total. The number of nitrogens with one attached hydrogen (secondary N) is 2. The van der Waals surface area contributed by atoms with Crippen LogP contribution in [0.25, 0.3) is 0 Å². The van der Waals surface area contributed by atoms with E-state index in [2.05, 4.69) is 5.43 Å². The van der Waals surface area contributed by atoms with Gasteiger partial charge in [-0.15, -0.1) is 4.83 Å². The summed E-state index contributed by atoms with van der Waals surface area (Å²) < 4.78 is 34.5. The van der Waals surface area contributed by atoms with Gasteiger partial charge in [-0.1, -0.05) is 6.07 Å². The summed E-state index contributed by atoms with van der Waals surface area (Å²) in [5.41, 5.74) is 2.44. The van der Waals surface area contributed by atoms with E-state index in [-0.39, 0.29) is 16.0 Å². The summed E-state index contributed by atoms with van der Waals surface area (Å²) in [6.07, 6.45) is 0. The molecule has 2 rings (SSSR count). The molecule has 0 aliphatic rings. The molecule has 2 aromatic rings. The van der Waals surface area contributed by atoms with Crippen molar-refractivity contribution < 1.29 is 22.7 Å². The van der Waals surface area contributed by atoms with Crippen molar-refractivity contribution in [3.05, 3.63) is 53.6 Å². The first kappa shape index (κ1) is 18.3. The van der Waals surface area contributed by atoms with Crippen molar-refractivity contribution >= 4 is 15.9 Å². The van der Waals surface area contributed by atoms with Gasteiger partial charge in [0.1, 0.15) is 11.5 Å². The zero-order valence-electron chi connectivity index (χ0n) is 13.4. The standard InChI is InChI=1S/C16H15N3O5S/c1-23-13-7-12(8-14(9-13)24-2)16(20)18-19-25(21,22)15-5-3-4-11(6-15)10-17/h3-9,19H,1-2H3,(H,18,20). The fourth-order valence-corrected chi connectivity index (χ4v) is 2.80. The van der Waals surface area contributed by atoms with Gasteiger partial charge in [-0.05, 0) is 30.3 Å². The third kappa shape index (κ3) is 4.47. The molecule has 2 N–H and O–H groups in total. The molecule has 0 spiro atoms. The maximum Gasteiger partial charge on any atom is 0.266 e. The second-order valence-electron chi connectivity index (χ2n) is 4.80. The lowest BCUT2D eigenvalue weighted by molar-refractivity contribution is 0.0944.